The summed E-state index contributed by atoms with van der Waals surface area (Å²) in [6.45, 7) is 0.972. The Hall–Kier alpha value is -1.25. The van der Waals surface area contributed by atoms with Gasteiger partial charge < -0.3 is 4.90 Å². The molecule has 6 heteroatoms. The van der Waals surface area contributed by atoms with Gasteiger partial charge in [0.25, 0.3) is 5.91 Å². The van der Waals surface area contributed by atoms with Crippen molar-refractivity contribution in [1.29, 1.82) is 5.26 Å². The molecule has 0 spiro atoms. The molecule has 0 N–H and O–H groups in total. The van der Waals surface area contributed by atoms with E-state index in [-0.39, 0.29) is 16.5 Å². The van der Waals surface area contributed by atoms with Gasteiger partial charge in [0.1, 0.15) is 10.6 Å². The largest absolute Gasteiger partial charge is 0.338 e. The minimum absolute atomic E-state index is 0.139. The zero-order valence-corrected chi connectivity index (χ0v) is 12.6. The molecule has 1 saturated heterocycles. The van der Waals surface area contributed by atoms with Gasteiger partial charge in [-0.3, -0.25) is 4.79 Å². The summed E-state index contributed by atoms with van der Waals surface area (Å²) in [6.07, 6.45) is 3.14. The van der Waals surface area contributed by atoms with E-state index in [1.807, 2.05) is 6.26 Å². The highest BCUT2D eigenvalue weighted by Gasteiger charge is 2.36. The Labute approximate surface area is 126 Å². The van der Waals surface area contributed by atoms with Crippen LogP contribution in [0.2, 0.25) is 5.02 Å². The van der Waals surface area contributed by atoms with E-state index in [1.54, 1.807) is 4.90 Å². The summed E-state index contributed by atoms with van der Waals surface area (Å²) in [4.78, 5) is 14.0. The van der Waals surface area contributed by atoms with Crippen LogP contribution in [0.4, 0.5) is 4.39 Å². The summed E-state index contributed by atoms with van der Waals surface area (Å²) in [5.41, 5.74) is 0.181. The van der Waals surface area contributed by atoms with E-state index in [0.29, 0.717) is 25.9 Å². The van der Waals surface area contributed by atoms with E-state index in [1.165, 1.54) is 30.0 Å². The van der Waals surface area contributed by atoms with E-state index in [4.69, 9.17) is 11.6 Å². The average Bonchev–Trinajstić information content (AvgIpc) is 2.49. The lowest BCUT2D eigenvalue weighted by Crippen LogP contribution is -2.44. The quantitative estimate of drug-likeness (QED) is 0.841. The molecule has 1 aromatic carbocycles. The molecule has 0 unspecified atom stereocenters. The number of thioether (sulfide) groups is 1. The normalized spacial score (nSPS) is 17.6. The molecule has 20 heavy (non-hydrogen) atoms. The number of benzene rings is 1. The lowest BCUT2D eigenvalue weighted by molar-refractivity contribution is 0.0716. The Kier molecular flexibility index (Phi) is 4.56. The molecule has 2 rings (SSSR count). The van der Waals surface area contributed by atoms with E-state index in [2.05, 4.69) is 6.07 Å². The summed E-state index contributed by atoms with van der Waals surface area (Å²) < 4.78 is 13.0. The third kappa shape index (κ3) is 2.77. The lowest BCUT2D eigenvalue weighted by Gasteiger charge is -2.36. The second-order valence-corrected chi connectivity index (χ2v) is 6.27. The van der Waals surface area contributed by atoms with Gasteiger partial charge in [-0.2, -0.15) is 5.26 Å². The Morgan fingerprint density at radius 3 is 2.70 bits per heavy atom. The summed E-state index contributed by atoms with van der Waals surface area (Å²) >= 11 is 7.36. The number of nitriles is 1. The number of rotatable bonds is 2. The molecule has 106 valence electrons. The third-order valence-electron chi connectivity index (χ3n) is 3.63. The van der Waals surface area contributed by atoms with Crippen molar-refractivity contribution in [2.24, 2.45) is 0 Å². The van der Waals surface area contributed by atoms with Crippen LogP contribution in [0.5, 0.6) is 0 Å². The molecule has 1 heterocycles. The van der Waals surface area contributed by atoms with Crippen molar-refractivity contribution >= 4 is 29.3 Å². The van der Waals surface area contributed by atoms with Crippen molar-refractivity contribution in [3.63, 3.8) is 0 Å². The molecule has 0 atom stereocenters. The fourth-order valence-corrected chi connectivity index (χ4v) is 3.16. The van der Waals surface area contributed by atoms with Crippen molar-refractivity contribution in [3.8, 4) is 6.07 Å². The highest BCUT2D eigenvalue weighted by atomic mass is 35.5. The molecule has 1 aliphatic heterocycles. The van der Waals surface area contributed by atoms with Crippen molar-refractivity contribution < 1.29 is 9.18 Å². The van der Waals surface area contributed by atoms with E-state index < -0.39 is 10.6 Å². The van der Waals surface area contributed by atoms with Crippen LogP contribution in [-0.4, -0.2) is 34.9 Å². The molecule has 1 fully saturated rings. The molecule has 1 aliphatic rings. The van der Waals surface area contributed by atoms with Gasteiger partial charge in [0.15, 0.2) is 0 Å². The molecule has 0 radical (unpaired) electrons. The minimum atomic E-state index is -0.593. The molecule has 0 aromatic heterocycles. The van der Waals surface area contributed by atoms with Crippen LogP contribution < -0.4 is 0 Å². The smallest absolute Gasteiger partial charge is 0.255 e. The molecule has 1 aromatic rings. The van der Waals surface area contributed by atoms with Crippen LogP contribution >= 0.6 is 23.4 Å². The summed E-state index contributed by atoms with van der Waals surface area (Å²) in [5, 5.41) is 9.08. The highest BCUT2D eigenvalue weighted by molar-refractivity contribution is 8.00. The van der Waals surface area contributed by atoms with E-state index >= 15 is 0 Å². The first-order chi connectivity index (χ1) is 9.53. The average molecular weight is 313 g/mol. The van der Waals surface area contributed by atoms with Gasteiger partial charge in [-0.25, -0.2) is 4.39 Å². The predicted octanol–water partition coefficient (Wildman–Crippen LogP) is 3.34. The number of halogens is 2. The van der Waals surface area contributed by atoms with Gasteiger partial charge in [-0.1, -0.05) is 17.7 Å². The number of amides is 1. The number of piperidine rings is 1. The molecular weight excluding hydrogens is 299 g/mol. The fourth-order valence-electron chi connectivity index (χ4n) is 2.27. The Bertz CT molecular complexity index is 565. The number of likely N-dealkylation sites (tertiary alicyclic amines) is 1. The summed E-state index contributed by atoms with van der Waals surface area (Å²) in [6, 6.07) is 6.55. The van der Waals surface area contributed by atoms with Crippen LogP contribution in [0.3, 0.4) is 0 Å². The predicted molar refractivity (Wildman–Crippen MR) is 78.4 cm³/mol. The lowest BCUT2D eigenvalue weighted by atomic mass is 9.96. The maximum Gasteiger partial charge on any atom is 0.255 e. The van der Waals surface area contributed by atoms with Gasteiger partial charge in [0.05, 0.1) is 16.7 Å². The Morgan fingerprint density at radius 2 is 2.15 bits per heavy atom. The summed E-state index contributed by atoms with van der Waals surface area (Å²) in [7, 11) is 0. The zero-order valence-electron chi connectivity index (χ0n) is 11.0. The number of carbonyl (C=O) groups excluding carboxylic acids is 1. The number of nitrogens with zero attached hydrogens (tertiary/aromatic N) is 2. The first-order valence-corrected chi connectivity index (χ1v) is 7.83. The first kappa shape index (κ1) is 15.1. The van der Waals surface area contributed by atoms with Gasteiger partial charge in [0, 0.05) is 13.1 Å². The number of carbonyl (C=O) groups is 1. The van der Waals surface area contributed by atoms with Crippen molar-refractivity contribution in [2.75, 3.05) is 19.3 Å². The number of hydrogen-bond acceptors (Lipinski definition) is 3. The molecular formula is C14H14ClFN2OS. The molecule has 0 aliphatic carbocycles. The first-order valence-electron chi connectivity index (χ1n) is 6.23. The second kappa shape index (κ2) is 6.02. The van der Waals surface area contributed by atoms with Crippen molar-refractivity contribution in [2.45, 2.75) is 17.6 Å². The molecule has 3 nitrogen and oxygen atoms in total. The standard InChI is InChI=1S/C14H14ClFN2OS/c1-20-14(9-17)5-7-18(8-6-14)13(19)10-3-2-4-11(16)12(10)15/h2-4H,5-8H2,1H3. The van der Waals surface area contributed by atoms with Crippen LogP contribution in [0, 0.1) is 17.1 Å². The molecule has 1 amide bonds. The van der Waals surface area contributed by atoms with Crippen LogP contribution in [0.1, 0.15) is 23.2 Å². The van der Waals surface area contributed by atoms with Gasteiger partial charge in [-0.15, -0.1) is 11.8 Å². The third-order valence-corrected chi connectivity index (χ3v) is 5.30. The van der Waals surface area contributed by atoms with Crippen LogP contribution in [-0.2, 0) is 0 Å². The highest BCUT2D eigenvalue weighted by Crippen LogP contribution is 2.34. The Morgan fingerprint density at radius 1 is 1.50 bits per heavy atom. The second-order valence-electron chi connectivity index (χ2n) is 4.70. The summed E-state index contributed by atoms with van der Waals surface area (Å²) in [5.74, 6) is -0.868. The molecule has 0 saturated carbocycles. The van der Waals surface area contributed by atoms with Crippen LogP contribution in [0.25, 0.3) is 0 Å². The van der Waals surface area contributed by atoms with Gasteiger partial charge >= 0.3 is 0 Å². The number of hydrogen-bond donors (Lipinski definition) is 0. The maximum atomic E-state index is 13.4. The Balaban J connectivity index is 2.13. The van der Waals surface area contributed by atoms with Crippen molar-refractivity contribution in [3.05, 3.63) is 34.6 Å². The SMILES string of the molecule is CSC1(C#N)CCN(C(=O)c2cccc(F)c2Cl)CC1. The topological polar surface area (TPSA) is 44.1 Å². The zero-order chi connectivity index (χ0) is 14.8. The van der Waals surface area contributed by atoms with Crippen molar-refractivity contribution in [1.82, 2.24) is 4.90 Å². The van der Waals surface area contributed by atoms with Gasteiger partial charge in [0.2, 0.25) is 0 Å². The fraction of sp³-hybridized carbons (Fsp3) is 0.429. The minimum Gasteiger partial charge on any atom is -0.338 e. The maximum absolute atomic E-state index is 13.4. The monoisotopic (exact) mass is 312 g/mol. The molecule has 0 bridgehead atoms. The van der Waals surface area contributed by atoms with Crippen LogP contribution in [0.15, 0.2) is 18.2 Å². The van der Waals surface area contributed by atoms with Gasteiger partial charge in [-0.05, 0) is 31.2 Å². The van der Waals surface area contributed by atoms with E-state index in [0.717, 1.165) is 0 Å². The van der Waals surface area contributed by atoms with E-state index in [9.17, 15) is 14.4 Å².